The van der Waals surface area contributed by atoms with Crippen LogP contribution in [0.3, 0.4) is 0 Å². The van der Waals surface area contributed by atoms with Crippen LogP contribution in [0.4, 0.5) is 0 Å². The molecular weight excluding hydrogens is 176 g/mol. The molecule has 2 rings (SSSR count). The van der Waals surface area contributed by atoms with E-state index in [0.717, 1.165) is 36.4 Å². The van der Waals surface area contributed by atoms with Crippen molar-refractivity contribution in [3.63, 3.8) is 0 Å². The lowest BCUT2D eigenvalue weighted by atomic mass is 9.93. The summed E-state index contributed by atoms with van der Waals surface area (Å²) < 4.78 is 5.41. The van der Waals surface area contributed by atoms with E-state index >= 15 is 0 Å². The summed E-state index contributed by atoms with van der Waals surface area (Å²) >= 11 is 0. The number of furan rings is 1. The van der Waals surface area contributed by atoms with Gasteiger partial charge in [-0.15, -0.1) is 0 Å². The van der Waals surface area contributed by atoms with E-state index in [2.05, 4.69) is 0 Å². The number of hydrogen-bond donors (Lipinski definition) is 0. The second-order valence-corrected chi connectivity index (χ2v) is 3.75. The van der Waals surface area contributed by atoms with Gasteiger partial charge in [-0.3, -0.25) is 4.79 Å². The molecule has 0 aliphatic heterocycles. The number of carbonyl (C=O) groups excluding carboxylic acids is 1. The summed E-state index contributed by atoms with van der Waals surface area (Å²) in [6.45, 7) is 1.91. The molecule has 2 nitrogen and oxygen atoms in total. The van der Waals surface area contributed by atoms with Gasteiger partial charge in [0.1, 0.15) is 11.5 Å². The summed E-state index contributed by atoms with van der Waals surface area (Å²) in [6.07, 6.45) is 5.64. The van der Waals surface area contributed by atoms with Gasteiger partial charge in [0.25, 0.3) is 0 Å². The van der Waals surface area contributed by atoms with Gasteiger partial charge in [-0.1, -0.05) is 0 Å². The van der Waals surface area contributed by atoms with Gasteiger partial charge in [-0.25, -0.2) is 0 Å². The van der Waals surface area contributed by atoms with Crippen molar-refractivity contribution < 1.29 is 9.21 Å². The van der Waals surface area contributed by atoms with E-state index < -0.39 is 0 Å². The summed E-state index contributed by atoms with van der Waals surface area (Å²) in [5.41, 5.74) is 0.922. The van der Waals surface area contributed by atoms with Crippen molar-refractivity contribution in [2.75, 3.05) is 0 Å². The van der Waals surface area contributed by atoms with E-state index in [1.165, 1.54) is 0 Å². The molecule has 0 unspecified atom stereocenters. The van der Waals surface area contributed by atoms with E-state index in [-0.39, 0.29) is 5.78 Å². The molecule has 2 heteroatoms. The predicted octanol–water partition coefficient (Wildman–Crippen LogP) is 3.11. The molecule has 0 bridgehead atoms. The normalized spacial score (nSPS) is 20.4. The number of aryl methyl sites for hydroxylation is 1. The number of carbonyl (C=O) groups is 1. The highest BCUT2D eigenvalue weighted by atomic mass is 16.3. The van der Waals surface area contributed by atoms with Gasteiger partial charge in [0.15, 0.2) is 5.78 Å². The zero-order valence-corrected chi connectivity index (χ0v) is 8.38. The molecule has 1 fully saturated rings. The maximum absolute atomic E-state index is 11.5. The van der Waals surface area contributed by atoms with Crippen molar-refractivity contribution >= 4 is 11.9 Å². The Morgan fingerprint density at radius 3 is 2.71 bits per heavy atom. The minimum Gasteiger partial charge on any atom is -0.462 e. The molecule has 0 aromatic carbocycles. The minimum atomic E-state index is 0.283. The van der Waals surface area contributed by atoms with Crippen LogP contribution in [0.15, 0.2) is 22.1 Å². The zero-order chi connectivity index (χ0) is 9.97. The summed E-state index contributed by atoms with van der Waals surface area (Å²) in [7, 11) is 0. The third-order valence-corrected chi connectivity index (χ3v) is 2.54. The van der Waals surface area contributed by atoms with Crippen LogP contribution in [0.1, 0.15) is 37.2 Å². The fourth-order valence-electron chi connectivity index (χ4n) is 1.76. The first kappa shape index (κ1) is 9.25. The van der Waals surface area contributed by atoms with Gasteiger partial charge in [0.2, 0.25) is 0 Å². The first-order valence-corrected chi connectivity index (χ1v) is 5.06. The van der Waals surface area contributed by atoms with E-state index in [1.54, 1.807) is 0 Å². The first-order valence-electron chi connectivity index (χ1n) is 5.06. The van der Waals surface area contributed by atoms with E-state index in [4.69, 9.17) is 4.42 Å². The molecule has 0 atom stereocenters. The van der Waals surface area contributed by atoms with Crippen LogP contribution in [-0.4, -0.2) is 5.78 Å². The third-order valence-electron chi connectivity index (χ3n) is 2.54. The van der Waals surface area contributed by atoms with Gasteiger partial charge in [-0.05, 0) is 50.0 Å². The van der Waals surface area contributed by atoms with Crippen molar-refractivity contribution in [2.45, 2.75) is 32.6 Å². The lowest BCUT2D eigenvalue weighted by Crippen LogP contribution is -2.07. The van der Waals surface area contributed by atoms with Crippen LogP contribution in [-0.2, 0) is 4.79 Å². The minimum absolute atomic E-state index is 0.283. The number of Topliss-reactive ketones (excluding diaryl/α,β-unsaturated/α-hetero) is 1. The van der Waals surface area contributed by atoms with E-state index in [9.17, 15) is 4.79 Å². The largest absolute Gasteiger partial charge is 0.462 e. The van der Waals surface area contributed by atoms with Gasteiger partial charge < -0.3 is 4.42 Å². The molecule has 1 aliphatic rings. The summed E-state index contributed by atoms with van der Waals surface area (Å²) in [5.74, 6) is 1.97. The molecule has 1 aliphatic carbocycles. The maximum Gasteiger partial charge on any atom is 0.158 e. The lowest BCUT2D eigenvalue weighted by molar-refractivity contribution is -0.116. The fraction of sp³-hybridized carbons (Fsp3) is 0.417. The molecule has 1 aromatic rings. The van der Waals surface area contributed by atoms with Gasteiger partial charge in [0, 0.05) is 6.42 Å². The lowest BCUT2D eigenvalue weighted by Gasteiger charge is -2.11. The standard InChI is InChI=1S/C12H14O2/c1-9-6-7-11(14-9)8-10-4-2-3-5-12(10)13/h6-8H,2-5H2,1H3/b10-8+. The van der Waals surface area contributed by atoms with Crippen molar-refractivity contribution in [3.05, 3.63) is 29.2 Å². The highest BCUT2D eigenvalue weighted by Crippen LogP contribution is 2.22. The molecule has 0 saturated heterocycles. The fourth-order valence-corrected chi connectivity index (χ4v) is 1.76. The van der Waals surface area contributed by atoms with Crippen LogP contribution in [0, 0.1) is 6.92 Å². The average molecular weight is 190 g/mol. The Kier molecular flexibility index (Phi) is 2.53. The van der Waals surface area contributed by atoms with Crippen molar-refractivity contribution in [1.29, 1.82) is 0 Å². The van der Waals surface area contributed by atoms with E-state index in [0.29, 0.717) is 6.42 Å². The summed E-state index contributed by atoms with van der Waals surface area (Å²) in [6, 6.07) is 3.82. The monoisotopic (exact) mass is 190 g/mol. The number of rotatable bonds is 1. The second kappa shape index (κ2) is 3.82. The SMILES string of the molecule is Cc1ccc(/C=C2\CCCCC2=O)o1. The molecular formula is C12H14O2. The molecule has 0 spiro atoms. The van der Waals surface area contributed by atoms with Crippen molar-refractivity contribution in [2.24, 2.45) is 0 Å². The molecule has 14 heavy (non-hydrogen) atoms. The number of hydrogen-bond acceptors (Lipinski definition) is 2. The smallest absolute Gasteiger partial charge is 0.158 e. The van der Waals surface area contributed by atoms with Crippen LogP contribution in [0.5, 0.6) is 0 Å². The number of ketones is 1. The highest BCUT2D eigenvalue weighted by Gasteiger charge is 2.14. The quantitative estimate of drug-likeness (QED) is 0.637. The molecule has 0 amide bonds. The highest BCUT2D eigenvalue weighted by molar-refractivity contribution is 5.99. The Morgan fingerprint density at radius 1 is 1.29 bits per heavy atom. The maximum atomic E-state index is 11.5. The Labute approximate surface area is 83.6 Å². The zero-order valence-electron chi connectivity index (χ0n) is 8.38. The van der Waals surface area contributed by atoms with Crippen LogP contribution in [0.2, 0.25) is 0 Å². The molecule has 1 aromatic heterocycles. The molecule has 74 valence electrons. The predicted molar refractivity (Wildman–Crippen MR) is 54.9 cm³/mol. The van der Waals surface area contributed by atoms with Crippen molar-refractivity contribution in [3.8, 4) is 0 Å². The van der Waals surface area contributed by atoms with Gasteiger partial charge in [0.05, 0.1) is 0 Å². The van der Waals surface area contributed by atoms with Gasteiger partial charge in [-0.2, -0.15) is 0 Å². The molecule has 0 radical (unpaired) electrons. The second-order valence-electron chi connectivity index (χ2n) is 3.75. The summed E-state index contributed by atoms with van der Waals surface area (Å²) in [4.78, 5) is 11.5. The topological polar surface area (TPSA) is 30.2 Å². The van der Waals surface area contributed by atoms with E-state index in [1.807, 2.05) is 25.1 Å². The molecule has 1 heterocycles. The van der Waals surface area contributed by atoms with Crippen LogP contribution < -0.4 is 0 Å². The van der Waals surface area contributed by atoms with Crippen molar-refractivity contribution in [1.82, 2.24) is 0 Å². The third kappa shape index (κ3) is 1.95. The summed E-state index contributed by atoms with van der Waals surface area (Å²) in [5, 5.41) is 0. The van der Waals surface area contributed by atoms with Gasteiger partial charge >= 0.3 is 0 Å². The number of allylic oxidation sites excluding steroid dienone is 1. The molecule has 0 N–H and O–H groups in total. The Bertz CT molecular complexity index is 371. The van der Waals surface area contributed by atoms with Crippen LogP contribution in [0.25, 0.3) is 6.08 Å². The Morgan fingerprint density at radius 2 is 2.07 bits per heavy atom. The Hall–Kier alpha value is -1.31. The van der Waals surface area contributed by atoms with Crippen LogP contribution >= 0.6 is 0 Å². The first-order chi connectivity index (χ1) is 6.75. The Balaban J connectivity index is 2.20. The molecule has 1 saturated carbocycles. The average Bonchev–Trinajstić information content (AvgIpc) is 2.56.